The number of anilines is 2. The summed E-state index contributed by atoms with van der Waals surface area (Å²) in [5.74, 6) is 0.331. The molecule has 0 saturated heterocycles. The maximum absolute atomic E-state index is 12.2. The largest absolute Gasteiger partial charge is 0.396 e. The van der Waals surface area contributed by atoms with Crippen molar-refractivity contribution in [3.63, 3.8) is 0 Å². The molecule has 0 radical (unpaired) electrons. The highest BCUT2D eigenvalue weighted by molar-refractivity contribution is 5.61. The van der Waals surface area contributed by atoms with E-state index in [0.717, 1.165) is 4.57 Å². The van der Waals surface area contributed by atoms with E-state index in [9.17, 15) is 14.7 Å². The number of hydrogen-bond acceptors (Lipinski definition) is 5. The molecule has 7 nitrogen and oxygen atoms in total. The van der Waals surface area contributed by atoms with Crippen molar-refractivity contribution in [2.24, 2.45) is 18.9 Å². The van der Waals surface area contributed by atoms with Crippen LogP contribution in [0.1, 0.15) is 27.7 Å². The molecule has 1 aromatic rings. The van der Waals surface area contributed by atoms with Crippen molar-refractivity contribution in [3.8, 4) is 0 Å². The molecular weight excluding hydrogens is 272 g/mol. The van der Waals surface area contributed by atoms with E-state index in [4.69, 9.17) is 5.73 Å². The number of hydrogen-bond donors (Lipinski definition) is 3. The number of aliphatic hydroxyl groups is 1. The van der Waals surface area contributed by atoms with Crippen molar-refractivity contribution in [3.05, 3.63) is 20.8 Å². The Hall–Kier alpha value is -1.76. The van der Waals surface area contributed by atoms with Crippen LogP contribution in [0.5, 0.6) is 0 Å². The maximum Gasteiger partial charge on any atom is 0.332 e. The summed E-state index contributed by atoms with van der Waals surface area (Å²) in [4.78, 5) is 24.4. The van der Waals surface area contributed by atoms with Gasteiger partial charge in [-0.1, -0.05) is 20.8 Å². The topological polar surface area (TPSA) is 102 Å². The second kappa shape index (κ2) is 6.80. The van der Waals surface area contributed by atoms with E-state index in [1.807, 2.05) is 27.7 Å². The first-order valence-electron chi connectivity index (χ1n) is 7.17. The van der Waals surface area contributed by atoms with Crippen LogP contribution in [0, 0.1) is 11.8 Å². The van der Waals surface area contributed by atoms with Crippen molar-refractivity contribution >= 4 is 11.5 Å². The number of nitrogens with zero attached hydrogens (tertiary/aromatic N) is 2. The number of aliphatic hydroxyl groups excluding tert-OH is 1. The van der Waals surface area contributed by atoms with Gasteiger partial charge in [0.1, 0.15) is 11.5 Å². The van der Waals surface area contributed by atoms with Crippen LogP contribution >= 0.6 is 0 Å². The Morgan fingerprint density at radius 3 is 2.29 bits per heavy atom. The SMILES string of the molecule is CC(C)Cn1c(N)c(NC(C)C(C)CO)c(=O)n(C)c1=O. The van der Waals surface area contributed by atoms with Crippen LogP contribution in [0.4, 0.5) is 11.5 Å². The van der Waals surface area contributed by atoms with Gasteiger partial charge in [0.25, 0.3) is 5.56 Å². The minimum atomic E-state index is -0.450. The zero-order chi connectivity index (χ0) is 16.3. The minimum absolute atomic E-state index is 0.0000199. The quantitative estimate of drug-likeness (QED) is 0.697. The van der Waals surface area contributed by atoms with Gasteiger partial charge in [0.2, 0.25) is 0 Å². The highest BCUT2D eigenvalue weighted by Gasteiger charge is 2.19. The summed E-state index contributed by atoms with van der Waals surface area (Å²) in [6.45, 7) is 8.11. The molecule has 1 aromatic heterocycles. The average Bonchev–Trinajstić information content (AvgIpc) is 2.44. The summed E-state index contributed by atoms with van der Waals surface area (Å²) in [5, 5.41) is 12.2. The van der Waals surface area contributed by atoms with E-state index >= 15 is 0 Å². The highest BCUT2D eigenvalue weighted by Crippen LogP contribution is 2.16. The van der Waals surface area contributed by atoms with Gasteiger partial charge in [-0.2, -0.15) is 0 Å². The third-order valence-electron chi connectivity index (χ3n) is 3.64. The van der Waals surface area contributed by atoms with Crippen molar-refractivity contribution in [1.82, 2.24) is 9.13 Å². The minimum Gasteiger partial charge on any atom is -0.396 e. The number of aromatic nitrogens is 2. The Balaban J connectivity index is 3.36. The van der Waals surface area contributed by atoms with Crippen molar-refractivity contribution < 1.29 is 5.11 Å². The first-order valence-corrected chi connectivity index (χ1v) is 7.17. The van der Waals surface area contributed by atoms with Crippen molar-refractivity contribution in [1.29, 1.82) is 0 Å². The molecule has 120 valence electrons. The normalized spacial score (nSPS) is 14.2. The Labute approximate surface area is 124 Å². The molecule has 4 N–H and O–H groups in total. The van der Waals surface area contributed by atoms with E-state index in [2.05, 4.69) is 5.32 Å². The fraction of sp³-hybridized carbons (Fsp3) is 0.714. The van der Waals surface area contributed by atoms with Gasteiger partial charge in [-0.15, -0.1) is 0 Å². The van der Waals surface area contributed by atoms with Gasteiger partial charge in [-0.3, -0.25) is 13.9 Å². The molecule has 21 heavy (non-hydrogen) atoms. The lowest BCUT2D eigenvalue weighted by molar-refractivity contribution is 0.226. The molecule has 0 spiro atoms. The predicted octanol–water partition coefficient (Wildman–Crippen LogP) is 0.214. The van der Waals surface area contributed by atoms with Crippen LogP contribution in [0.2, 0.25) is 0 Å². The highest BCUT2D eigenvalue weighted by atomic mass is 16.3. The molecule has 1 heterocycles. The third kappa shape index (κ3) is 3.66. The molecule has 0 saturated carbocycles. The lowest BCUT2D eigenvalue weighted by atomic mass is 10.1. The zero-order valence-corrected chi connectivity index (χ0v) is 13.4. The van der Waals surface area contributed by atoms with Gasteiger partial charge in [0.05, 0.1) is 0 Å². The van der Waals surface area contributed by atoms with Crippen LogP contribution in [0.3, 0.4) is 0 Å². The van der Waals surface area contributed by atoms with Crippen molar-refractivity contribution in [2.45, 2.75) is 40.3 Å². The molecule has 0 bridgehead atoms. The van der Waals surface area contributed by atoms with E-state index in [1.54, 1.807) is 0 Å². The fourth-order valence-corrected chi connectivity index (χ4v) is 1.99. The Morgan fingerprint density at radius 1 is 1.24 bits per heavy atom. The van der Waals surface area contributed by atoms with Crippen LogP contribution < -0.4 is 22.3 Å². The monoisotopic (exact) mass is 298 g/mol. The van der Waals surface area contributed by atoms with Crippen LogP contribution in [-0.2, 0) is 13.6 Å². The molecular formula is C14H26N4O3. The number of nitrogens with two attached hydrogens (primary N) is 1. The van der Waals surface area contributed by atoms with Gasteiger partial charge in [-0.05, 0) is 18.8 Å². The van der Waals surface area contributed by atoms with Gasteiger partial charge >= 0.3 is 5.69 Å². The molecule has 2 unspecified atom stereocenters. The summed E-state index contributed by atoms with van der Waals surface area (Å²) >= 11 is 0. The summed E-state index contributed by atoms with van der Waals surface area (Å²) in [7, 11) is 1.44. The predicted molar refractivity (Wildman–Crippen MR) is 84.5 cm³/mol. The van der Waals surface area contributed by atoms with Crippen molar-refractivity contribution in [2.75, 3.05) is 17.7 Å². The van der Waals surface area contributed by atoms with E-state index in [0.29, 0.717) is 6.54 Å². The molecule has 0 amide bonds. The zero-order valence-electron chi connectivity index (χ0n) is 13.4. The van der Waals surface area contributed by atoms with E-state index in [1.165, 1.54) is 11.6 Å². The summed E-state index contributed by atoms with van der Waals surface area (Å²) in [6, 6.07) is -0.144. The van der Waals surface area contributed by atoms with Gasteiger partial charge in [0, 0.05) is 26.2 Å². The molecule has 0 aromatic carbocycles. The second-order valence-electron chi connectivity index (χ2n) is 6.00. The lowest BCUT2D eigenvalue weighted by Crippen LogP contribution is -2.42. The molecule has 0 aliphatic heterocycles. The van der Waals surface area contributed by atoms with Crippen LogP contribution in [0.25, 0.3) is 0 Å². The standard InChI is InChI=1S/C14H26N4O3/c1-8(2)6-18-12(15)11(13(20)17(5)14(18)21)16-10(4)9(3)7-19/h8-10,16,19H,6-7,15H2,1-5H3. The third-order valence-corrected chi connectivity index (χ3v) is 3.64. The Bertz CT molecular complexity index is 603. The fourth-order valence-electron chi connectivity index (χ4n) is 1.99. The molecule has 1 rings (SSSR count). The maximum atomic E-state index is 12.2. The van der Waals surface area contributed by atoms with Crippen LogP contribution in [-0.4, -0.2) is 26.9 Å². The van der Waals surface area contributed by atoms with Gasteiger partial charge in [-0.25, -0.2) is 4.79 Å². The first kappa shape index (κ1) is 17.3. The molecule has 0 aliphatic carbocycles. The van der Waals surface area contributed by atoms with E-state index < -0.39 is 11.2 Å². The molecule has 0 fully saturated rings. The van der Waals surface area contributed by atoms with E-state index in [-0.39, 0.29) is 36.0 Å². The molecule has 7 heteroatoms. The average molecular weight is 298 g/mol. The van der Waals surface area contributed by atoms with Gasteiger partial charge < -0.3 is 16.2 Å². The first-order chi connectivity index (χ1) is 9.70. The van der Waals surface area contributed by atoms with Crippen LogP contribution in [0.15, 0.2) is 9.59 Å². The summed E-state index contributed by atoms with van der Waals surface area (Å²) in [6.07, 6.45) is 0. The number of rotatable bonds is 6. The smallest absolute Gasteiger partial charge is 0.332 e. The summed E-state index contributed by atoms with van der Waals surface area (Å²) in [5.41, 5.74) is 5.36. The lowest BCUT2D eigenvalue weighted by Gasteiger charge is -2.23. The summed E-state index contributed by atoms with van der Waals surface area (Å²) < 4.78 is 2.46. The Morgan fingerprint density at radius 2 is 1.81 bits per heavy atom. The number of nitrogens with one attached hydrogen (secondary N) is 1. The Kier molecular flexibility index (Phi) is 5.60. The second-order valence-corrected chi connectivity index (χ2v) is 6.00. The van der Waals surface area contributed by atoms with Gasteiger partial charge in [0.15, 0.2) is 0 Å². The number of nitrogen functional groups attached to an aromatic ring is 1. The molecule has 0 aliphatic rings. The molecule has 2 atom stereocenters.